The molecule has 0 spiro atoms. The molecular weight excluding hydrogens is 382 g/mol. The fraction of sp³-hybridized carbons (Fsp3) is 0.107. The highest BCUT2D eigenvalue weighted by Gasteiger charge is 2.45. The van der Waals surface area contributed by atoms with Crippen molar-refractivity contribution in [1.29, 1.82) is 0 Å². The van der Waals surface area contributed by atoms with Crippen LogP contribution in [0.1, 0.15) is 40.5 Å². The van der Waals surface area contributed by atoms with Crippen LogP contribution in [0.25, 0.3) is 17.8 Å². The number of nitrogens with zero attached hydrogens (tertiary/aromatic N) is 1. The van der Waals surface area contributed by atoms with Gasteiger partial charge in [0.2, 0.25) is 5.78 Å². The fourth-order valence-electron chi connectivity index (χ4n) is 4.21. The smallest absolute Gasteiger partial charge is 0.227 e. The van der Waals surface area contributed by atoms with Gasteiger partial charge in [-0.3, -0.25) is 4.79 Å². The van der Waals surface area contributed by atoms with Crippen LogP contribution in [0.3, 0.4) is 0 Å². The molecule has 2 heterocycles. The first-order chi connectivity index (χ1) is 15.2. The van der Waals surface area contributed by atoms with Crippen LogP contribution in [0.15, 0.2) is 97.2 Å². The predicted molar refractivity (Wildman–Crippen MR) is 125 cm³/mol. The second-order valence-corrected chi connectivity index (χ2v) is 7.71. The molecule has 0 fully saturated rings. The molecule has 5 rings (SSSR count). The van der Waals surface area contributed by atoms with E-state index in [0.29, 0.717) is 17.9 Å². The van der Waals surface area contributed by atoms with Crippen LogP contribution < -0.4 is 4.74 Å². The van der Waals surface area contributed by atoms with Crippen molar-refractivity contribution in [2.75, 3.05) is 0 Å². The molecule has 0 aliphatic carbocycles. The van der Waals surface area contributed by atoms with E-state index in [4.69, 9.17) is 4.74 Å². The highest BCUT2D eigenvalue weighted by Crippen LogP contribution is 2.41. The monoisotopic (exact) mass is 405 g/mol. The number of aromatic nitrogens is 1. The standard InChI is InChI=1S/C28H23NO2/c1-2-28(23-18-16-22(17-19-23)15-14-21-9-4-3-5-10-21)27(30)25-12-8-20-29(25)24-11-6-7-13-26(24)31-28/h3-20H,2H2,1H3/b15-14+. The number of hydrogen-bond donors (Lipinski definition) is 0. The first-order valence-corrected chi connectivity index (χ1v) is 10.6. The Hall–Kier alpha value is -3.85. The van der Waals surface area contributed by atoms with E-state index in [1.807, 2.05) is 96.6 Å². The third kappa shape index (κ3) is 3.28. The molecule has 0 N–H and O–H groups in total. The number of ketones is 1. The number of carbonyl (C=O) groups excluding carboxylic acids is 1. The molecule has 3 aromatic carbocycles. The molecule has 0 radical (unpaired) electrons. The van der Waals surface area contributed by atoms with Gasteiger partial charge in [-0.05, 0) is 41.8 Å². The van der Waals surface area contributed by atoms with E-state index in [-0.39, 0.29) is 5.78 Å². The topological polar surface area (TPSA) is 31.2 Å². The van der Waals surface area contributed by atoms with E-state index in [1.54, 1.807) is 0 Å². The highest BCUT2D eigenvalue weighted by atomic mass is 16.5. The van der Waals surface area contributed by atoms with Crippen molar-refractivity contribution in [3.8, 4) is 11.4 Å². The fourth-order valence-corrected chi connectivity index (χ4v) is 4.21. The largest absolute Gasteiger partial charge is 0.472 e. The van der Waals surface area contributed by atoms with Gasteiger partial charge in [-0.1, -0.05) is 85.8 Å². The number of rotatable bonds is 4. The van der Waals surface area contributed by atoms with Crippen LogP contribution in [0.4, 0.5) is 0 Å². The van der Waals surface area contributed by atoms with E-state index < -0.39 is 5.60 Å². The van der Waals surface area contributed by atoms with Crippen molar-refractivity contribution in [3.05, 3.63) is 120 Å². The van der Waals surface area contributed by atoms with Crippen molar-refractivity contribution in [1.82, 2.24) is 4.57 Å². The van der Waals surface area contributed by atoms with Crippen LogP contribution in [0, 0.1) is 0 Å². The first-order valence-electron chi connectivity index (χ1n) is 10.6. The summed E-state index contributed by atoms with van der Waals surface area (Å²) in [5.74, 6) is 0.685. The van der Waals surface area contributed by atoms with Gasteiger partial charge in [-0.2, -0.15) is 0 Å². The Bertz CT molecular complexity index is 1250. The molecule has 1 aromatic heterocycles. The van der Waals surface area contributed by atoms with E-state index in [1.165, 1.54) is 0 Å². The summed E-state index contributed by atoms with van der Waals surface area (Å²) in [4.78, 5) is 13.8. The van der Waals surface area contributed by atoms with Gasteiger partial charge in [0.1, 0.15) is 5.75 Å². The summed E-state index contributed by atoms with van der Waals surface area (Å²) in [7, 11) is 0. The molecule has 1 unspecified atom stereocenters. The number of hydrogen-bond acceptors (Lipinski definition) is 2. The van der Waals surface area contributed by atoms with Crippen LogP contribution >= 0.6 is 0 Å². The van der Waals surface area contributed by atoms with Gasteiger partial charge in [-0.15, -0.1) is 0 Å². The van der Waals surface area contributed by atoms with Gasteiger partial charge >= 0.3 is 0 Å². The van der Waals surface area contributed by atoms with Gasteiger partial charge in [0, 0.05) is 11.8 Å². The Morgan fingerprint density at radius 2 is 1.48 bits per heavy atom. The Morgan fingerprint density at radius 1 is 0.806 bits per heavy atom. The van der Waals surface area contributed by atoms with Gasteiger partial charge in [0.25, 0.3) is 0 Å². The van der Waals surface area contributed by atoms with Gasteiger partial charge < -0.3 is 9.30 Å². The second kappa shape index (κ2) is 7.77. The lowest BCUT2D eigenvalue weighted by atomic mass is 9.84. The average Bonchev–Trinajstić information content (AvgIpc) is 3.28. The Labute approximate surface area is 182 Å². The molecule has 3 nitrogen and oxygen atoms in total. The maximum atomic E-state index is 13.8. The zero-order chi connectivity index (χ0) is 21.3. The lowest BCUT2D eigenvalue weighted by Crippen LogP contribution is -2.41. The maximum absolute atomic E-state index is 13.8. The van der Waals surface area contributed by atoms with Crippen LogP contribution in [0.2, 0.25) is 0 Å². The number of ether oxygens (including phenoxy) is 1. The quantitative estimate of drug-likeness (QED) is 0.362. The van der Waals surface area contributed by atoms with Gasteiger partial charge in [-0.25, -0.2) is 0 Å². The predicted octanol–water partition coefficient (Wildman–Crippen LogP) is 6.53. The number of fused-ring (bicyclic) bond motifs is 3. The Morgan fingerprint density at radius 3 is 2.23 bits per heavy atom. The van der Waals surface area contributed by atoms with E-state index in [0.717, 1.165) is 22.4 Å². The first kappa shape index (κ1) is 19.1. The minimum Gasteiger partial charge on any atom is -0.472 e. The van der Waals surface area contributed by atoms with Crippen molar-refractivity contribution < 1.29 is 9.53 Å². The summed E-state index contributed by atoms with van der Waals surface area (Å²) in [6.07, 6.45) is 6.61. The zero-order valence-electron chi connectivity index (χ0n) is 17.4. The van der Waals surface area contributed by atoms with E-state index in [9.17, 15) is 4.79 Å². The second-order valence-electron chi connectivity index (χ2n) is 7.71. The number of benzene rings is 3. The Kier molecular flexibility index (Phi) is 4.79. The third-order valence-electron chi connectivity index (χ3n) is 5.90. The molecule has 3 heteroatoms. The SMILES string of the molecule is CCC1(c2ccc(/C=C/c3ccccc3)cc2)Oc2ccccc2-n2cccc2C1=O. The van der Waals surface area contributed by atoms with Crippen LogP contribution in [0.5, 0.6) is 5.75 Å². The lowest BCUT2D eigenvalue weighted by molar-refractivity contribution is 0.0424. The highest BCUT2D eigenvalue weighted by molar-refractivity contribution is 6.03. The number of carbonyl (C=O) groups is 1. The number of Topliss-reactive ketones (excluding diaryl/α,β-unsaturated/α-hetero) is 1. The summed E-state index contributed by atoms with van der Waals surface area (Å²) in [6.45, 7) is 2.00. The Balaban J connectivity index is 1.55. The van der Waals surface area contributed by atoms with Crippen LogP contribution in [-0.2, 0) is 5.60 Å². The van der Waals surface area contributed by atoms with Crippen molar-refractivity contribution in [3.63, 3.8) is 0 Å². The summed E-state index contributed by atoms with van der Waals surface area (Å²) < 4.78 is 8.44. The molecule has 0 amide bonds. The normalized spacial score (nSPS) is 17.6. The molecule has 0 bridgehead atoms. The van der Waals surface area contributed by atoms with Crippen molar-refractivity contribution in [2.45, 2.75) is 18.9 Å². The summed E-state index contributed by atoms with van der Waals surface area (Å²) in [5, 5.41) is 0. The third-order valence-corrected chi connectivity index (χ3v) is 5.90. The molecule has 31 heavy (non-hydrogen) atoms. The zero-order valence-corrected chi connectivity index (χ0v) is 17.4. The van der Waals surface area contributed by atoms with Crippen molar-refractivity contribution in [2.24, 2.45) is 0 Å². The van der Waals surface area contributed by atoms with Crippen molar-refractivity contribution >= 4 is 17.9 Å². The molecule has 152 valence electrons. The molecule has 1 aliphatic rings. The van der Waals surface area contributed by atoms with Gasteiger partial charge in [0.15, 0.2) is 5.60 Å². The molecule has 1 atom stereocenters. The molecule has 0 saturated heterocycles. The van der Waals surface area contributed by atoms with Gasteiger partial charge in [0.05, 0.1) is 11.4 Å². The maximum Gasteiger partial charge on any atom is 0.227 e. The average molecular weight is 405 g/mol. The molecule has 0 saturated carbocycles. The van der Waals surface area contributed by atoms with E-state index in [2.05, 4.69) is 24.3 Å². The molecule has 4 aromatic rings. The summed E-state index contributed by atoms with van der Waals surface area (Å²) in [5.41, 5.74) is 3.54. The minimum absolute atomic E-state index is 0.0243. The van der Waals surface area contributed by atoms with E-state index >= 15 is 0 Å². The molecular formula is C28H23NO2. The summed E-state index contributed by atoms with van der Waals surface area (Å²) in [6, 6.07) is 29.9. The molecule has 1 aliphatic heterocycles. The minimum atomic E-state index is -1.07. The van der Waals surface area contributed by atoms with Crippen LogP contribution in [-0.4, -0.2) is 10.4 Å². The summed E-state index contributed by atoms with van der Waals surface area (Å²) >= 11 is 0. The lowest BCUT2D eigenvalue weighted by Gasteiger charge is -2.31. The number of para-hydroxylation sites is 2.